The van der Waals surface area contributed by atoms with E-state index in [0.29, 0.717) is 43.4 Å². The highest BCUT2D eigenvalue weighted by Gasteiger charge is 2.29. The second kappa shape index (κ2) is 13.3. The molecule has 0 saturated heterocycles. The summed E-state index contributed by atoms with van der Waals surface area (Å²) in [7, 11) is 0. The van der Waals surface area contributed by atoms with Gasteiger partial charge in [-0.25, -0.2) is 10.2 Å². The molecule has 1 aromatic heterocycles. The van der Waals surface area contributed by atoms with Crippen LogP contribution < -0.4 is 15.5 Å². The maximum Gasteiger partial charge on any atom is 0.341 e. The van der Waals surface area contributed by atoms with Crippen molar-refractivity contribution in [3.63, 3.8) is 0 Å². The van der Waals surface area contributed by atoms with E-state index in [9.17, 15) is 14.4 Å². The Hall–Kier alpha value is -3.40. The van der Waals surface area contributed by atoms with E-state index in [1.54, 1.807) is 56.3 Å². The van der Waals surface area contributed by atoms with E-state index >= 15 is 0 Å². The lowest BCUT2D eigenvalue weighted by molar-refractivity contribution is -0.127. The number of esters is 1. The molecular formula is C29H29Cl2N3O5S. The number of ether oxygens (including phenoxy) is 2. The number of nitrogens with one attached hydrogen (secondary N) is 2. The van der Waals surface area contributed by atoms with Gasteiger partial charge < -0.3 is 14.8 Å². The highest BCUT2D eigenvalue weighted by atomic mass is 35.5. The molecule has 2 unspecified atom stereocenters. The van der Waals surface area contributed by atoms with Crippen molar-refractivity contribution in [3.8, 4) is 5.75 Å². The number of rotatable bonds is 9. The predicted octanol–water partition coefficient (Wildman–Crippen LogP) is 6.53. The molecule has 0 aliphatic heterocycles. The van der Waals surface area contributed by atoms with Crippen molar-refractivity contribution in [2.45, 2.75) is 46.1 Å². The number of thiophene rings is 1. The SMILES string of the molecule is CCOC(=O)c1c(NC(=O)c2ccc(OC(C)C(=O)NN=Cc3c(Cl)cccc3Cl)cc2)sc2c1CCC(C)C2. The van der Waals surface area contributed by atoms with Gasteiger partial charge in [-0.2, -0.15) is 5.10 Å². The second-order valence-electron chi connectivity index (χ2n) is 9.38. The van der Waals surface area contributed by atoms with Crippen LogP contribution in [-0.2, 0) is 22.4 Å². The van der Waals surface area contributed by atoms with Gasteiger partial charge in [-0.15, -0.1) is 11.3 Å². The van der Waals surface area contributed by atoms with Crippen molar-refractivity contribution in [1.82, 2.24) is 5.43 Å². The molecule has 210 valence electrons. The fourth-order valence-corrected chi connectivity index (χ4v) is 6.15. The van der Waals surface area contributed by atoms with Crippen LogP contribution in [0.1, 0.15) is 63.9 Å². The maximum atomic E-state index is 13.1. The first-order valence-electron chi connectivity index (χ1n) is 12.8. The maximum absolute atomic E-state index is 13.1. The molecule has 1 aliphatic rings. The molecule has 2 amide bonds. The molecule has 2 N–H and O–H groups in total. The molecule has 1 heterocycles. The molecule has 4 rings (SSSR count). The molecule has 40 heavy (non-hydrogen) atoms. The predicted molar refractivity (Wildman–Crippen MR) is 158 cm³/mol. The first kappa shape index (κ1) is 29.6. The van der Waals surface area contributed by atoms with Crippen LogP contribution in [0.3, 0.4) is 0 Å². The van der Waals surface area contributed by atoms with Crippen LogP contribution in [0.2, 0.25) is 10.0 Å². The lowest BCUT2D eigenvalue weighted by Gasteiger charge is -2.18. The first-order valence-corrected chi connectivity index (χ1v) is 14.4. The standard InChI is InChI=1S/C29H29Cl2N3O5S/c1-4-38-29(37)25-20-13-8-16(2)14-24(20)40-28(25)33-27(36)18-9-11-19(12-10-18)39-17(3)26(35)34-32-15-21-22(30)6-5-7-23(21)31/h5-7,9-12,15-17H,4,8,13-14H2,1-3H3,(H,33,36)(H,34,35). The number of hydrogen-bond acceptors (Lipinski definition) is 7. The molecule has 3 aromatic rings. The zero-order chi connectivity index (χ0) is 28.8. The first-order chi connectivity index (χ1) is 19.2. The highest BCUT2D eigenvalue weighted by Crippen LogP contribution is 2.40. The van der Waals surface area contributed by atoms with Crippen LogP contribution in [0.25, 0.3) is 0 Å². The Labute approximate surface area is 246 Å². The van der Waals surface area contributed by atoms with E-state index in [4.69, 9.17) is 32.7 Å². The van der Waals surface area contributed by atoms with Crippen molar-refractivity contribution in [1.29, 1.82) is 0 Å². The summed E-state index contributed by atoms with van der Waals surface area (Å²) in [5, 5.41) is 8.12. The van der Waals surface area contributed by atoms with Gasteiger partial charge in [0.1, 0.15) is 10.8 Å². The minimum atomic E-state index is -0.870. The van der Waals surface area contributed by atoms with E-state index in [1.165, 1.54) is 17.6 Å². The van der Waals surface area contributed by atoms with Crippen LogP contribution in [-0.4, -0.2) is 36.7 Å². The number of carbonyl (C=O) groups is 3. The van der Waals surface area contributed by atoms with E-state index < -0.39 is 18.0 Å². The van der Waals surface area contributed by atoms with Crippen LogP contribution in [0.5, 0.6) is 5.75 Å². The molecule has 0 fully saturated rings. The monoisotopic (exact) mass is 601 g/mol. The summed E-state index contributed by atoms with van der Waals surface area (Å²) in [6.07, 6.45) is 3.14. The quantitative estimate of drug-likeness (QED) is 0.165. The number of amides is 2. The zero-order valence-corrected chi connectivity index (χ0v) is 24.6. The highest BCUT2D eigenvalue weighted by molar-refractivity contribution is 7.17. The lowest BCUT2D eigenvalue weighted by atomic mass is 9.88. The molecule has 1 aliphatic carbocycles. The number of hydrazone groups is 1. The average molecular weight is 603 g/mol. The van der Waals surface area contributed by atoms with Crippen molar-refractivity contribution in [2.75, 3.05) is 11.9 Å². The van der Waals surface area contributed by atoms with Gasteiger partial charge in [0.25, 0.3) is 11.8 Å². The van der Waals surface area contributed by atoms with Gasteiger partial charge in [0.2, 0.25) is 0 Å². The third-order valence-electron chi connectivity index (χ3n) is 6.38. The summed E-state index contributed by atoms with van der Waals surface area (Å²) in [6, 6.07) is 11.4. The Morgan fingerprint density at radius 3 is 2.52 bits per heavy atom. The minimum Gasteiger partial charge on any atom is -0.481 e. The van der Waals surface area contributed by atoms with Crippen molar-refractivity contribution < 1.29 is 23.9 Å². The fraction of sp³-hybridized carbons (Fsp3) is 0.310. The number of nitrogens with zero attached hydrogens (tertiary/aromatic N) is 1. The van der Waals surface area contributed by atoms with Gasteiger partial charge >= 0.3 is 5.97 Å². The molecule has 0 radical (unpaired) electrons. The summed E-state index contributed by atoms with van der Waals surface area (Å²) in [5.41, 5.74) is 4.70. The van der Waals surface area contributed by atoms with E-state index in [1.807, 2.05) is 0 Å². The van der Waals surface area contributed by atoms with Crippen LogP contribution >= 0.6 is 34.5 Å². The van der Waals surface area contributed by atoms with Crippen molar-refractivity contribution in [2.24, 2.45) is 11.0 Å². The van der Waals surface area contributed by atoms with Crippen LogP contribution in [0.15, 0.2) is 47.6 Å². The summed E-state index contributed by atoms with van der Waals surface area (Å²) in [6.45, 7) is 5.77. The molecule has 2 atom stereocenters. The van der Waals surface area contributed by atoms with E-state index in [2.05, 4.69) is 22.8 Å². The lowest BCUT2D eigenvalue weighted by Crippen LogP contribution is -2.33. The van der Waals surface area contributed by atoms with Crippen molar-refractivity contribution >= 4 is 63.5 Å². The molecule has 0 spiro atoms. The van der Waals surface area contributed by atoms with Crippen molar-refractivity contribution in [3.05, 3.63) is 79.6 Å². The van der Waals surface area contributed by atoms with Gasteiger partial charge in [-0.1, -0.05) is 36.2 Å². The van der Waals surface area contributed by atoms with Gasteiger partial charge in [0.05, 0.1) is 28.4 Å². The molecule has 0 saturated carbocycles. The second-order valence-corrected chi connectivity index (χ2v) is 11.3. The van der Waals surface area contributed by atoms with Gasteiger partial charge in [-0.05, 0) is 81.0 Å². The Bertz CT molecular complexity index is 1420. The number of fused-ring (bicyclic) bond motifs is 1. The Kier molecular flexibility index (Phi) is 9.84. The molecule has 8 nitrogen and oxygen atoms in total. The number of halogens is 2. The largest absolute Gasteiger partial charge is 0.481 e. The van der Waals surface area contributed by atoms with Gasteiger partial charge in [-0.3, -0.25) is 9.59 Å². The Morgan fingerprint density at radius 1 is 1.15 bits per heavy atom. The average Bonchev–Trinajstić information content (AvgIpc) is 3.27. The zero-order valence-electron chi connectivity index (χ0n) is 22.3. The molecule has 2 aromatic carbocycles. The summed E-state index contributed by atoms with van der Waals surface area (Å²) >= 11 is 13.6. The summed E-state index contributed by atoms with van der Waals surface area (Å²) in [5.74, 6) is -0.342. The smallest absolute Gasteiger partial charge is 0.341 e. The molecule has 11 heteroatoms. The van der Waals surface area contributed by atoms with E-state index in [0.717, 1.165) is 29.7 Å². The Morgan fingerprint density at radius 2 is 1.85 bits per heavy atom. The van der Waals surface area contributed by atoms with Crippen LogP contribution in [0, 0.1) is 5.92 Å². The summed E-state index contributed by atoms with van der Waals surface area (Å²) in [4.78, 5) is 39.3. The molecule has 0 bridgehead atoms. The van der Waals surface area contributed by atoms with E-state index in [-0.39, 0.29) is 12.5 Å². The van der Waals surface area contributed by atoms with Gasteiger partial charge in [0, 0.05) is 16.0 Å². The normalized spacial score (nSPS) is 15.3. The number of carbonyl (C=O) groups excluding carboxylic acids is 3. The fourth-order valence-electron chi connectivity index (χ4n) is 4.26. The third kappa shape index (κ3) is 7.02. The number of hydrogen-bond donors (Lipinski definition) is 2. The molecular weight excluding hydrogens is 573 g/mol. The minimum absolute atomic E-state index is 0.257. The number of anilines is 1. The van der Waals surface area contributed by atoms with Gasteiger partial charge in [0.15, 0.2) is 6.10 Å². The third-order valence-corrected chi connectivity index (χ3v) is 8.21. The Balaban J connectivity index is 1.38. The topological polar surface area (TPSA) is 106 Å². The van der Waals surface area contributed by atoms with Crippen LogP contribution in [0.4, 0.5) is 5.00 Å². The number of benzene rings is 2. The summed E-state index contributed by atoms with van der Waals surface area (Å²) < 4.78 is 11.0.